The molecule has 1 aromatic rings. The molecule has 0 N–H and O–H groups in total. The van der Waals surface area contributed by atoms with Gasteiger partial charge in [0.25, 0.3) is 0 Å². The van der Waals surface area contributed by atoms with Crippen molar-refractivity contribution in [1.82, 2.24) is 0 Å². The van der Waals surface area contributed by atoms with Crippen LogP contribution >= 0.6 is 0 Å². The molecule has 1 fully saturated rings. The number of allylic oxidation sites excluding steroid dienone is 2. The fourth-order valence-corrected chi connectivity index (χ4v) is 4.34. The highest BCUT2D eigenvalue weighted by molar-refractivity contribution is 5.89. The molecule has 0 aromatic heterocycles. The Morgan fingerprint density at radius 1 is 1.29 bits per heavy atom. The molecule has 2 aliphatic rings. The van der Waals surface area contributed by atoms with Crippen molar-refractivity contribution in [2.24, 2.45) is 17.3 Å². The Balaban J connectivity index is 1.76. The summed E-state index contributed by atoms with van der Waals surface area (Å²) in [6.07, 6.45) is 6.48. The lowest BCUT2D eigenvalue weighted by Crippen LogP contribution is -2.40. The molecule has 1 saturated carbocycles. The Bertz CT molecular complexity index is 658. The van der Waals surface area contributed by atoms with Gasteiger partial charge < -0.3 is 4.74 Å². The van der Waals surface area contributed by atoms with E-state index in [9.17, 15) is 4.79 Å². The summed E-state index contributed by atoms with van der Waals surface area (Å²) in [6.45, 7) is 11.0. The number of fused-ring (bicyclic) bond motifs is 1. The van der Waals surface area contributed by atoms with E-state index in [0.717, 1.165) is 12.8 Å². The van der Waals surface area contributed by atoms with Crippen molar-refractivity contribution in [3.05, 3.63) is 59.7 Å². The van der Waals surface area contributed by atoms with Gasteiger partial charge in [-0.25, -0.2) is 4.79 Å². The molecule has 24 heavy (non-hydrogen) atoms. The van der Waals surface area contributed by atoms with E-state index in [4.69, 9.17) is 4.74 Å². The summed E-state index contributed by atoms with van der Waals surface area (Å²) < 4.78 is 5.78. The zero-order chi connectivity index (χ0) is 17.3. The maximum absolute atomic E-state index is 12.3. The number of carbonyl (C=O) groups is 1. The van der Waals surface area contributed by atoms with Crippen LogP contribution in [-0.2, 0) is 4.74 Å². The molecule has 2 aliphatic carbocycles. The molecule has 0 saturated heterocycles. The van der Waals surface area contributed by atoms with Crippen LogP contribution in [0.15, 0.2) is 54.1 Å². The van der Waals surface area contributed by atoms with E-state index in [1.54, 1.807) is 0 Å². The Labute approximate surface area is 145 Å². The van der Waals surface area contributed by atoms with Gasteiger partial charge in [0.05, 0.1) is 5.56 Å². The Kier molecular flexibility index (Phi) is 4.67. The molecule has 4 atom stereocenters. The molecular weight excluding hydrogens is 296 g/mol. The maximum Gasteiger partial charge on any atom is 0.338 e. The quantitative estimate of drug-likeness (QED) is 0.537. The molecule has 2 heteroatoms. The van der Waals surface area contributed by atoms with Crippen LogP contribution in [0.2, 0.25) is 0 Å². The number of hydrogen-bond donors (Lipinski definition) is 0. The first-order valence-electron chi connectivity index (χ1n) is 9.02. The van der Waals surface area contributed by atoms with Crippen LogP contribution in [0.1, 0.15) is 56.8 Å². The molecule has 0 bridgehead atoms. The van der Waals surface area contributed by atoms with Crippen LogP contribution in [0, 0.1) is 17.3 Å². The number of esters is 1. The minimum atomic E-state index is -0.219. The summed E-state index contributed by atoms with van der Waals surface area (Å²) in [5.41, 5.74) is 3.63. The maximum atomic E-state index is 12.3. The molecular formula is C22H28O2. The lowest BCUT2D eigenvalue weighted by Gasteiger charge is -2.48. The summed E-state index contributed by atoms with van der Waals surface area (Å²) in [5.74, 6) is 0.912. The summed E-state index contributed by atoms with van der Waals surface area (Å²) >= 11 is 0. The SMILES string of the molecule is C=C(C)[C@@H]1CCC2=C[C@H](OC(=O)c3ccccc3)C[C@@H](C)[C@]2(C)C1. The van der Waals surface area contributed by atoms with E-state index < -0.39 is 0 Å². The van der Waals surface area contributed by atoms with Gasteiger partial charge in [-0.2, -0.15) is 0 Å². The highest BCUT2D eigenvalue weighted by Crippen LogP contribution is 2.53. The molecule has 0 heterocycles. The topological polar surface area (TPSA) is 26.3 Å². The molecule has 0 amide bonds. The number of benzene rings is 1. The van der Waals surface area contributed by atoms with Gasteiger partial charge in [0.2, 0.25) is 0 Å². The zero-order valence-corrected chi connectivity index (χ0v) is 15.0. The number of ether oxygens (including phenoxy) is 1. The Morgan fingerprint density at radius 2 is 2.00 bits per heavy atom. The molecule has 0 aliphatic heterocycles. The third-order valence-corrected chi connectivity index (χ3v) is 6.19. The molecule has 0 spiro atoms. The van der Waals surface area contributed by atoms with E-state index in [1.807, 2.05) is 30.3 Å². The van der Waals surface area contributed by atoms with Gasteiger partial charge in [-0.05, 0) is 68.1 Å². The van der Waals surface area contributed by atoms with Crippen LogP contribution in [0.4, 0.5) is 0 Å². The first-order chi connectivity index (χ1) is 11.4. The van der Waals surface area contributed by atoms with Gasteiger partial charge in [-0.1, -0.05) is 49.8 Å². The van der Waals surface area contributed by atoms with Crippen molar-refractivity contribution in [2.45, 2.75) is 52.6 Å². The second-order valence-corrected chi connectivity index (χ2v) is 7.84. The first-order valence-corrected chi connectivity index (χ1v) is 9.02. The minimum absolute atomic E-state index is 0.0999. The molecule has 1 aromatic carbocycles. The average Bonchev–Trinajstić information content (AvgIpc) is 2.56. The van der Waals surface area contributed by atoms with Crippen molar-refractivity contribution < 1.29 is 9.53 Å². The van der Waals surface area contributed by atoms with Crippen LogP contribution in [0.3, 0.4) is 0 Å². The summed E-state index contributed by atoms with van der Waals surface area (Å²) in [5, 5.41) is 0. The third kappa shape index (κ3) is 3.19. The van der Waals surface area contributed by atoms with Crippen molar-refractivity contribution in [3.63, 3.8) is 0 Å². The van der Waals surface area contributed by atoms with E-state index >= 15 is 0 Å². The van der Waals surface area contributed by atoms with Gasteiger partial charge in [0, 0.05) is 0 Å². The molecule has 0 unspecified atom stereocenters. The zero-order valence-electron chi connectivity index (χ0n) is 15.0. The normalized spacial score (nSPS) is 32.5. The minimum Gasteiger partial charge on any atom is -0.455 e. The monoisotopic (exact) mass is 324 g/mol. The van der Waals surface area contributed by atoms with E-state index in [2.05, 4.69) is 33.4 Å². The van der Waals surface area contributed by atoms with Gasteiger partial charge in [0.15, 0.2) is 0 Å². The average molecular weight is 324 g/mol. The van der Waals surface area contributed by atoms with Crippen molar-refractivity contribution in [2.75, 3.05) is 0 Å². The molecule has 2 nitrogen and oxygen atoms in total. The van der Waals surface area contributed by atoms with Crippen LogP contribution < -0.4 is 0 Å². The standard InChI is InChI=1S/C22H28O2/c1-15(2)18-10-11-19-13-20(12-16(3)22(19,4)14-18)24-21(23)17-8-6-5-7-9-17/h5-9,13,16,18,20H,1,10-12,14H2,2-4H3/t16-,18-,20-,22+/m1/s1. The number of carbonyl (C=O) groups excluding carboxylic acids is 1. The fraction of sp³-hybridized carbons (Fsp3) is 0.500. The van der Waals surface area contributed by atoms with Crippen LogP contribution in [0.25, 0.3) is 0 Å². The highest BCUT2D eigenvalue weighted by atomic mass is 16.5. The van der Waals surface area contributed by atoms with Gasteiger partial charge >= 0.3 is 5.97 Å². The molecule has 0 radical (unpaired) electrons. The highest BCUT2D eigenvalue weighted by Gasteiger charge is 2.44. The predicted octanol–water partition coefficient (Wildman–Crippen LogP) is 5.56. The molecule has 128 valence electrons. The van der Waals surface area contributed by atoms with Crippen LogP contribution in [-0.4, -0.2) is 12.1 Å². The number of hydrogen-bond acceptors (Lipinski definition) is 2. The van der Waals surface area contributed by atoms with Gasteiger partial charge in [-0.3, -0.25) is 0 Å². The van der Waals surface area contributed by atoms with Gasteiger partial charge in [-0.15, -0.1) is 0 Å². The summed E-state index contributed by atoms with van der Waals surface area (Å²) in [4.78, 5) is 12.3. The van der Waals surface area contributed by atoms with Crippen molar-refractivity contribution in [3.8, 4) is 0 Å². The third-order valence-electron chi connectivity index (χ3n) is 6.19. The Hall–Kier alpha value is -1.83. The smallest absolute Gasteiger partial charge is 0.338 e. The lowest BCUT2D eigenvalue weighted by atomic mass is 9.57. The predicted molar refractivity (Wildman–Crippen MR) is 97.8 cm³/mol. The fourth-order valence-electron chi connectivity index (χ4n) is 4.34. The van der Waals surface area contributed by atoms with Gasteiger partial charge in [0.1, 0.15) is 6.10 Å². The van der Waals surface area contributed by atoms with Crippen molar-refractivity contribution >= 4 is 5.97 Å². The van der Waals surface area contributed by atoms with E-state index in [1.165, 1.54) is 24.0 Å². The molecule has 3 rings (SSSR count). The van der Waals surface area contributed by atoms with Crippen molar-refractivity contribution in [1.29, 1.82) is 0 Å². The largest absolute Gasteiger partial charge is 0.455 e. The summed E-state index contributed by atoms with van der Waals surface area (Å²) in [7, 11) is 0. The van der Waals surface area contributed by atoms with E-state index in [-0.39, 0.29) is 17.5 Å². The second kappa shape index (κ2) is 6.58. The Morgan fingerprint density at radius 3 is 2.67 bits per heavy atom. The second-order valence-electron chi connectivity index (χ2n) is 7.84. The van der Waals surface area contributed by atoms with Crippen LogP contribution in [0.5, 0.6) is 0 Å². The first kappa shape index (κ1) is 17.0. The van der Waals surface area contributed by atoms with E-state index in [0.29, 0.717) is 17.4 Å². The number of rotatable bonds is 3. The summed E-state index contributed by atoms with van der Waals surface area (Å²) in [6, 6.07) is 9.27. The lowest BCUT2D eigenvalue weighted by molar-refractivity contribution is 0.0224.